The first kappa shape index (κ1) is 11.1. The zero-order valence-electron chi connectivity index (χ0n) is 7.17. The minimum atomic E-state index is -9.86. The summed E-state index contributed by atoms with van der Waals surface area (Å²) in [4.78, 5) is 0. The first-order valence-corrected chi connectivity index (χ1v) is 5.62. The zero-order chi connectivity index (χ0) is 11.3. The third-order valence-corrected chi connectivity index (χ3v) is 2.87. The SMILES string of the molecule is C=Cn1cc[n+](C)c1[P-](F)(F)(F)(F)F. The van der Waals surface area contributed by atoms with Crippen LogP contribution in [0.5, 0.6) is 0 Å². The van der Waals surface area contributed by atoms with E-state index in [1.165, 1.54) is 0 Å². The van der Waals surface area contributed by atoms with Crippen molar-refractivity contribution in [3.63, 3.8) is 0 Å². The fraction of sp³-hybridized carbons (Fsp3) is 0.167. The monoisotopic (exact) mass is 234 g/mol. The summed E-state index contributed by atoms with van der Waals surface area (Å²) in [6.45, 7) is 3.02. The molecule has 0 aromatic carbocycles. The maximum absolute atomic E-state index is 12.4. The van der Waals surface area contributed by atoms with Crippen molar-refractivity contribution < 1.29 is 25.6 Å². The molecule has 0 aliphatic rings. The van der Waals surface area contributed by atoms with E-state index in [-0.39, 0.29) is 4.57 Å². The molecule has 0 radical (unpaired) electrons. The van der Waals surface area contributed by atoms with E-state index in [1.54, 1.807) is 0 Å². The maximum atomic E-state index is 12.4. The van der Waals surface area contributed by atoms with E-state index >= 15 is 0 Å². The Kier molecular flexibility index (Phi) is 1.71. The van der Waals surface area contributed by atoms with Crippen LogP contribution >= 0.6 is 7.50 Å². The number of aryl methyl sites for hydroxylation is 1. The molecular formula is C6H8F5N2P. The molecule has 0 amide bonds. The third kappa shape index (κ3) is 1.92. The average molecular weight is 234 g/mol. The van der Waals surface area contributed by atoms with E-state index < -0.39 is 13.1 Å². The van der Waals surface area contributed by atoms with Gasteiger partial charge in [0.1, 0.15) is 0 Å². The Bertz CT molecular complexity index is 389. The summed E-state index contributed by atoms with van der Waals surface area (Å²) in [5, 5.41) is 0. The first-order chi connectivity index (χ1) is 5.95. The van der Waals surface area contributed by atoms with Gasteiger partial charge in [0.05, 0.1) is 0 Å². The quantitative estimate of drug-likeness (QED) is 0.422. The Balaban J connectivity index is 3.63. The Morgan fingerprint density at radius 1 is 1.36 bits per heavy atom. The van der Waals surface area contributed by atoms with Crippen molar-refractivity contribution in [3.8, 4) is 0 Å². The fourth-order valence-corrected chi connectivity index (χ4v) is 2.39. The predicted octanol–water partition coefficient (Wildman–Crippen LogP) is 2.55. The predicted molar refractivity (Wildman–Crippen MR) is 44.1 cm³/mol. The Morgan fingerprint density at radius 2 is 1.86 bits per heavy atom. The van der Waals surface area contributed by atoms with Gasteiger partial charge in [0.2, 0.25) is 0 Å². The van der Waals surface area contributed by atoms with Crippen LogP contribution in [0.1, 0.15) is 0 Å². The molecule has 82 valence electrons. The van der Waals surface area contributed by atoms with Gasteiger partial charge in [-0.3, -0.25) is 0 Å². The molecule has 1 rings (SSSR count). The van der Waals surface area contributed by atoms with Crippen LogP contribution in [-0.4, -0.2) is 4.57 Å². The average Bonchev–Trinajstić information content (AvgIpc) is 2.26. The molecule has 0 aliphatic carbocycles. The van der Waals surface area contributed by atoms with E-state index in [1.807, 2.05) is 0 Å². The molecule has 1 aromatic heterocycles. The third-order valence-electron chi connectivity index (χ3n) is 1.57. The Hall–Kier alpha value is -0.970. The van der Waals surface area contributed by atoms with E-state index in [0.717, 1.165) is 19.4 Å². The minimum absolute atomic E-state index is 0.260. The van der Waals surface area contributed by atoms with Crippen molar-refractivity contribution in [2.75, 3.05) is 0 Å². The number of imidazole rings is 1. The second kappa shape index (κ2) is 2.16. The molecule has 8 heteroatoms. The zero-order valence-corrected chi connectivity index (χ0v) is 8.07. The molecule has 0 unspecified atom stereocenters. The summed E-state index contributed by atoms with van der Waals surface area (Å²) in [6, 6.07) is 0. The molecule has 0 N–H and O–H groups in total. The number of nitrogens with zero attached hydrogens (tertiary/aromatic N) is 2. The van der Waals surface area contributed by atoms with Gasteiger partial charge in [-0.25, -0.2) is 0 Å². The summed E-state index contributed by atoms with van der Waals surface area (Å²) in [5.74, 6) is 0. The van der Waals surface area contributed by atoms with E-state index in [4.69, 9.17) is 0 Å². The summed E-state index contributed by atoms with van der Waals surface area (Å²) in [7, 11) is -8.96. The van der Waals surface area contributed by atoms with Gasteiger partial charge < -0.3 is 0 Å². The van der Waals surface area contributed by atoms with Crippen molar-refractivity contribution >= 4 is 19.3 Å². The molecule has 14 heavy (non-hydrogen) atoms. The van der Waals surface area contributed by atoms with Crippen LogP contribution in [-0.2, 0) is 7.05 Å². The van der Waals surface area contributed by atoms with Crippen LogP contribution < -0.4 is 10.1 Å². The van der Waals surface area contributed by atoms with E-state index in [0.29, 0.717) is 10.8 Å². The van der Waals surface area contributed by atoms with Gasteiger partial charge in [-0.15, -0.1) is 0 Å². The topological polar surface area (TPSA) is 8.81 Å². The summed E-state index contributed by atoms with van der Waals surface area (Å²) in [5.41, 5.74) is -1.97. The van der Waals surface area contributed by atoms with Crippen molar-refractivity contribution in [3.05, 3.63) is 19.0 Å². The van der Waals surface area contributed by atoms with Crippen LogP contribution in [0.4, 0.5) is 21.0 Å². The number of rotatable bonds is 2. The van der Waals surface area contributed by atoms with Gasteiger partial charge in [0.25, 0.3) is 0 Å². The first-order valence-electron chi connectivity index (χ1n) is 3.48. The molecule has 2 nitrogen and oxygen atoms in total. The number of hydrogen-bond acceptors (Lipinski definition) is 0. The number of hydrogen-bond donors (Lipinski definition) is 0. The van der Waals surface area contributed by atoms with Crippen LogP contribution in [0.15, 0.2) is 19.0 Å². The van der Waals surface area contributed by atoms with Gasteiger partial charge in [0.15, 0.2) is 0 Å². The Morgan fingerprint density at radius 3 is 2.14 bits per heavy atom. The van der Waals surface area contributed by atoms with E-state index in [9.17, 15) is 21.0 Å². The van der Waals surface area contributed by atoms with E-state index in [2.05, 4.69) is 6.58 Å². The van der Waals surface area contributed by atoms with Crippen molar-refractivity contribution in [1.82, 2.24) is 4.57 Å². The van der Waals surface area contributed by atoms with Crippen LogP contribution in [0.2, 0.25) is 0 Å². The van der Waals surface area contributed by atoms with Crippen LogP contribution in [0, 0.1) is 0 Å². The molecule has 0 aliphatic heterocycles. The number of aromatic nitrogens is 2. The molecular weight excluding hydrogens is 226 g/mol. The Labute approximate surface area is 76.4 Å². The van der Waals surface area contributed by atoms with Crippen molar-refractivity contribution in [1.29, 1.82) is 0 Å². The van der Waals surface area contributed by atoms with Crippen molar-refractivity contribution in [2.24, 2.45) is 7.05 Å². The molecule has 1 aromatic rings. The molecule has 0 fully saturated rings. The van der Waals surface area contributed by atoms with Gasteiger partial charge in [-0.05, 0) is 0 Å². The fourth-order valence-electron chi connectivity index (χ4n) is 1.15. The molecule has 0 saturated heterocycles. The van der Waals surface area contributed by atoms with Gasteiger partial charge in [-0.1, -0.05) is 0 Å². The molecule has 0 spiro atoms. The molecule has 0 atom stereocenters. The van der Waals surface area contributed by atoms with Crippen LogP contribution in [0.25, 0.3) is 6.20 Å². The molecule has 0 bridgehead atoms. The normalized spacial score (nSPS) is 17.3. The van der Waals surface area contributed by atoms with Crippen LogP contribution in [0.3, 0.4) is 0 Å². The second-order valence-corrected chi connectivity index (χ2v) is 5.38. The molecule has 0 saturated carbocycles. The summed E-state index contributed by atoms with van der Waals surface area (Å²) in [6.07, 6.45) is 2.43. The summed E-state index contributed by atoms with van der Waals surface area (Å²) < 4.78 is 62.7. The molecule has 1 heterocycles. The number of halogens is 5. The van der Waals surface area contributed by atoms with Gasteiger partial charge in [-0.2, -0.15) is 0 Å². The van der Waals surface area contributed by atoms with Gasteiger partial charge >= 0.3 is 75.4 Å². The second-order valence-electron chi connectivity index (χ2n) is 2.86. The standard InChI is InChI=1S/C6H8F5N2P/c1-3-13-5-4-12(2)6(13)14(7,8,9,10)11/h3-5H,1H2,2H3. The summed E-state index contributed by atoms with van der Waals surface area (Å²) >= 11 is 0. The van der Waals surface area contributed by atoms with Crippen molar-refractivity contribution in [2.45, 2.75) is 0 Å². The van der Waals surface area contributed by atoms with Gasteiger partial charge in [0, 0.05) is 0 Å².